The summed E-state index contributed by atoms with van der Waals surface area (Å²) in [5.41, 5.74) is 3.38. The summed E-state index contributed by atoms with van der Waals surface area (Å²) in [7, 11) is 0. The smallest absolute Gasteiger partial charge is 0.123 e. The van der Waals surface area contributed by atoms with E-state index in [-0.39, 0.29) is 10.6 Å². The molecular weight excluding hydrogens is 299 g/mol. The molecule has 0 saturated carbocycles. The lowest BCUT2D eigenvalue weighted by Gasteiger charge is -2.13. The molecule has 0 saturated heterocycles. The number of aryl methyl sites for hydroxylation is 3. The van der Waals surface area contributed by atoms with Gasteiger partial charge in [0.1, 0.15) is 5.82 Å². The van der Waals surface area contributed by atoms with Crippen molar-refractivity contribution in [3.8, 4) is 0 Å². The summed E-state index contributed by atoms with van der Waals surface area (Å²) in [6.45, 7) is 6.21. The molecule has 17 heavy (non-hydrogen) atoms. The van der Waals surface area contributed by atoms with Gasteiger partial charge in [-0.15, -0.1) is 11.3 Å². The highest BCUT2D eigenvalue weighted by atomic mass is 79.9. The van der Waals surface area contributed by atoms with E-state index in [4.69, 9.17) is 0 Å². The van der Waals surface area contributed by atoms with Crippen molar-refractivity contribution in [1.29, 1.82) is 0 Å². The topological polar surface area (TPSA) is 0 Å². The molecule has 0 N–H and O–H groups in total. The minimum Gasteiger partial charge on any atom is -0.207 e. The van der Waals surface area contributed by atoms with E-state index in [1.165, 1.54) is 21.4 Å². The second-order valence-electron chi connectivity index (χ2n) is 4.27. The highest BCUT2D eigenvalue weighted by molar-refractivity contribution is 9.09. The van der Waals surface area contributed by atoms with E-state index in [9.17, 15) is 4.39 Å². The molecule has 0 bridgehead atoms. The molecule has 1 aromatic heterocycles. The van der Waals surface area contributed by atoms with Crippen LogP contribution >= 0.6 is 27.3 Å². The molecule has 2 rings (SSSR count). The molecule has 0 radical (unpaired) electrons. The molecule has 0 aliphatic carbocycles. The first-order chi connectivity index (χ1) is 7.99. The third kappa shape index (κ3) is 2.61. The van der Waals surface area contributed by atoms with Gasteiger partial charge in [-0.05, 0) is 55.7 Å². The van der Waals surface area contributed by atoms with Gasteiger partial charge >= 0.3 is 0 Å². The Morgan fingerprint density at radius 1 is 1.12 bits per heavy atom. The van der Waals surface area contributed by atoms with Crippen LogP contribution in [-0.2, 0) is 0 Å². The lowest BCUT2D eigenvalue weighted by molar-refractivity contribution is 0.625. The number of benzene rings is 1. The zero-order valence-corrected chi connectivity index (χ0v) is 12.5. The molecule has 0 spiro atoms. The van der Waals surface area contributed by atoms with Crippen LogP contribution in [0.5, 0.6) is 0 Å². The van der Waals surface area contributed by atoms with E-state index < -0.39 is 0 Å². The minimum atomic E-state index is -0.180. The molecule has 0 aliphatic rings. The maximum Gasteiger partial charge on any atom is 0.123 e. The largest absolute Gasteiger partial charge is 0.207 e. The molecule has 1 unspecified atom stereocenters. The molecule has 1 atom stereocenters. The molecule has 0 aliphatic heterocycles. The van der Waals surface area contributed by atoms with Gasteiger partial charge < -0.3 is 0 Å². The summed E-state index contributed by atoms with van der Waals surface area (Å²) in [6.07, 6.45) is 0. The van der Waals surface area contributed by atoms with Crippen molar-refractivity contribution >= 4 is 27.3 Å². The van der Waals surface area contributed by atoms with Crippen molar-refractivity contribution in [3.05, 3.63) is 56.5 Å². The Balaban J connectivity index is 2.46. The average Bonchev–Trinajstić information content (AvgIpc) is 2.60. The van der Waals surface area contributed by atoms with Gasteiger partial charge in [0, 0.05) is 9.75 Å². The highest BCUT2D eigenvalue weighted by Crippen LogP contribution is 2.39. The minimum absolute atomic E-state index is 0.0805. The van der Waals surface area contributed by atoms with E-state index in [0.29, 0.717) is 0 Å². The summed E-state index contributed by atoms with van der Waals surface area (Å²) >= 11 is 5.45. The molecule has 2 aromatic rings. The van der Waals surface area contributed by atoms with Gasteiger partial charge in [0.2, 0.25) is 0 Å². The van der Waals surface area contributed by atoms with Gasteiger partial charge in [-0.2, -0.15) is 0 Å². The summed E-state index contributed by atoms with van der Waals surface area (Å²) in [4.78, 5) is 2.63. The van der Waals surface area contributed by atoms with Crippen molar-refractivity contribution in [2.75, 3.05) is 0 Å². The van der Waals surface area contributed by atoms with E-state index in [1.807, 2.05) is 13.0 Å². The van der Waals surface area contributed by atoms with Crippen molar-refractivity contribution in [2.24, 2.45) is 0 Å². The molecule has 0 amide bonds. The van der Waals surface area contributed by atoms with Crippen molar-refractivity contribution in [2.45, 2.75) is 25.6 Å². The van der Waals surface area contributed by atoms with Crippen LogP contribution in [0.25, 0.3) is 0 Å². The second kappa shape index (κ2) is 4.91. The maximum absolute atomic E-state index is 13.3. The fraction of sp³-hybridized carbons (Fsp3) is 0.286. The molecule has 1 heterocycles. The Morgan fingerprint density at radius 2 is 1.82 bits per heavy atom. The summed E-state index contributed by atoms with van der Waals surface area (Å²) < 4.78 is 13.3. The summed E-state index contributed by atoms with van der Waals surface area (Å²) in [5, 5.41) is 0. The fourth-order valence-electron chi connectivity index (χ4n) is 1.94. The summed E-state index contributed by atoms with van der Waals surface area (Å²) in [5.74, 6) is -0.180. The monoisotopic (exact) mass is 312 g/mol. The maximum atomic E-state index is 13.3. The average molecular weight is 313 g/mol. The Kier molecular flexibility index (Phi) is 3.69. The predicted molar refractivity (Wildman–Crippen MR) is 75.7 cm³/mol. The van der Waals surface area contributed by atoms with Crippen molar-refractivity contribution in [1.82, 2.24) is 0 Å². The molecular formula is C14H14BrFS. The zero-order valence-electron chi connectivity index (χ0n) is 10.1. The Morgan fingerprint density at radius 3 is 2.41 bits per heavy atom. The lowest BCUT2D eigenvalue weighted by atomic mass is 10.0. The molecule has 1 aromatic carbocycles. The summed E-state index contributed by atoms with van der Waals surface area (Å²) in [6, 6.07) is 7.12. The SMILES string of the molecule is Cc1cc(C)c(C(Br)c2cc(F)ccc2C)s1. The normalized spacial score (nSPS) is 12.8. The lowest BCUT2D eigenvalue weighted by Crippen LogP contribution is -1.96. The second-order valence-corrected chi connectivity index (χ2v) is 6.47. The van der Waals surface area contributed by atoms with E-state index in [1.54, 1.807) is 17.4 Å². The number of hydrogen-bond acceptors (Lipinski definition) is 1. The van der Waals surface area contributed by atoms with Crippen LogP contribution < -0.4 is 0 Å². The van der Waals surface area contributed by atoms with Crippen LogP contribution in [0.2, 0.25) is 0 Å². The van der Waals surface area contributed by atoms with Crippen LogP contribution in [0.4, 0.5) is 4.39 Å². The number of thiophene rings is 1. The molecule has 90 valence electrons. The Bertz CT molecular complexity index is 545. The van der Waals surface area contributed by atoms with Crippen LogP contribution in [0, 0.1) is 26.6 Å². The van der Waals surface area contributed by atoms with Crippen LogP contribution in [0.15, 0.2) is 24.3 Å². The number of halogens is 2. The van der Waals surface area contributed by atoms with Crippen molar-refractivity contribution < 1.29 is 4.39 Å². The fourth-order valence-corrected chi connectivity index (χ4v) is 4.10. The van der Waals surface area contributed by atoms with Gasteiger partial charge in [0.15, 0.2) is 0 Å². The Hall–Kier alpha value is -0.670. The third-order valence-electron chi connectivity index (χ3n) is 2.82. The number of hydrogen-bond donors (Lipinski definition) is 0. The first-order valence-electron chi connectivity index (χ1n) is 5.46. The first kappa shape index (κ1) is 12.8. The number of alkyl halides is 1. The molecule has 0 nitrogen and oxygen atoms in total. The van der Waals surface area contributed by atoms with Gasteiger partial charge in [-0.1, -0.05) is 22.0 Å². The van der Waals surface area contributed by atoms with Gasteiger partial charge in [-0.3, -0.25) is 0 Å². The van der Waals surface area contributed by atoms with E-state index in [2.05, 4.69) is 35.8 Å². The standard InChI is InChI=1S/C14H14BrFS/c1-8-4-5-11(16)7-12(8)13(15)14-9(2)6-10(3)17-14/h4-7,13H,1-3H3. The van der Waals surface area contributed by atoms with Crippen LogP contribution in [0.3, 0.4) is 0 Å². The quantitative estimate of drug-likeness (QED) is 0.660. The zero-order chi connectivity index (χ0) is 12.6. The van der Waals surface area contributed by atoms with Gasteiger partial charge in [0.25, 0.3) is 0 Å². The van der Waals surface area contributed by atoms with E-state index >= 15 is 0 Å². The predicted octanol–water partition coefficient (Wildman–Crippen LogP) is 5.30. The number of rotatable bonds is 2. The molecule has 3 heteroatoms. The van der Waals surface area contributed by atoms with Gasteiger partial charge in [0.05, 0.1) is 4.83 Å². The van der Waals surface area contributed by atoms with Gasteiger partial charge in [-0.25, -0.2) is 4.39 Å². The van der Waals surface area contributed by atoms with Crippen molar-refractivity contribution in [3.63, 3.8) is 0 Å². The first-order valence-corrected chi connectivity index (χ1v) is 7.19. The van der Waals surface area contributed by atoms with Crippen LogP contribution in [0.1, 0.15) is 31.3 Å². The third-order valence-corrected chi connectivity index (χ3v) is 5.30. The molecule has 0 fully saturated rings. The van der Waals surface area contributed by atoms with E-state index in [0.717, 1.165) is 11.1 Å². The highest BCUT2D eigenvalue weighted by Gasteiger charge is 2.17. The Labute approximate surface area is 114 Å². The van der Waals surface area contributed by atoms with Crippen LogP contribution in [-0.4, -0.2) is 0 Å².